The van der Waals surface area contributed by atoms with E-state index in [1.54, 1.807) is 6.92 Å². The zero-order valence-corrected chi connectivity index (χ0v) is 11.3. The number of thiazole rings is 1. The van der Waals surface area contributed by atoms with Crippen molar-refractivity contribution in [1.29, 1.82) is 0 Å². The molecule has 0 aliphatic carbocycles. The van der Waals surface area contributed by atoms with Crippen LogP contribution >= 0.6 is 28.3 Å². The third-order valence-corrected chi connectivity index (χ3v) is 2.57. The Morgan fingerprint density at radius 3 is 2.62 bits per heavy atom. The maximum atomic E-state index is 5.49. The van der Waals surface area contributed by atoms with Crippen molar-refractivity contribution in [2.75, 3.05) is 0 Å². The van der Waals surface area contributed by atoms with Crippen LogP contribution in [0.4, 0.5) is 5.13 Å². The summed E-state index contributed by atoms with van der Waals surface area (Å²) >= 11 is 1.49. The number of aliphatic imine (C=N–C) groups is 1. The number of halogens is 1. The molecule has 0 bridgehead atoms. The van der Waals surface area contributed by atoms with Gasteiger partial charge in [0.25, 0.3) is 0 Å². The fraction of sp³-hybridized carbons (Fsp3) is 0.0909. The molecular weight excluding hydrogens is 286 g/mol. The van der Waals surface area contributed by atoms with Crippen LogP contribution in [-0.4, -0.2) is 10.8 Å². The zero-order chi connectivity index (χ0) is 10.7. The molecule has 2 N–H and O–H groups in total. The Bertz CT molecular complexity index is 475. The monoisotopic (exact) mass is 297 g/mol. The standard InChI is InChI=1S/C11H11N3S.BrH/c1-8(12)13-11-14-10(7-15-11)9-5-3-2-4-6-9;/h2-7H,1H3,(H2,12,13,14);1H. The van der Waals surface area contributed by atoms with E-state index in [1.807, 2.05) is 35.7 Å². The molecule has 0 radical (unpaired) electrons. The largest absolute Gasteiger partial charge is 0.387 e. The highest BCUT2D eigenvalue weighted by atomic mass is 79.9. The molecule has 84 valence electrons. The minimum atomic E-state index is 0. The fourth-order valence-corrected chi connectivity index (χ4v) is 1.96. The average Bonchev–Trinajstić information content (AvgIpc) is 2.67. The van der Waals surface area contributed by atoms with Gasteiger partial charge < -0.3 is 5.73 Å². The predicted molar refractivity (Wildman–Crippen MR) is 74.8 cm³/mol. The van der Waals surface area contributed by atoms with Crippen molar-refractivity contribution in [2.45, 2.75) is 6.92 Å². The van der Waals surface area contributed by atoms with Crippen LogP contribution in [0.25, 0.3) is 11.3 Å². The summed E-state index contributed by atoms with van der Waals surface area (Å²) in [4.78, 5) is 8.48. The van der Waals surface area contributed by atoms with Crippen molar-refractivity contribution in [3.05, 3.63) is 35.7 Å². The van der Waals surface area contributed by atoms with E-state index in [0.717, 1.165) is 11.3 Å². The molecule has 0 fully saturated rings. The Balaban J connectivity index is 0.00000128. The molecule has 0 atom stereocenters. The van der Waals surface area contributed by atoms with Gasteiger partial charge in [-0.05, 0) is 6.92 Å². The van der Waals surface area contributed by atoms with E-state index in [1.165, 1.54) is 11.3 Å². The first-order valence-corrected chi connectivity index (χ1v) is 5.45. The molecular formula is C11H12BrN3S. The van der Waals surface area contributed by atoms with E-state index < -0.39 is 0 Å². The topological polar surface area (TPSA) is 51.3 Å². The Labute approximate surface area is 109 Å². The van der Waals surface area contributed by atoms with Gasteiger partial charge >= 0.3 is 0 Å². The van der Waals surface area contributed by atoms with Crippen LogP contribution in [0.5, 0.6) is 0 Å². The van der Waals surface area contributed by atoms with Gasteiger partial charge in [0.15, 0.2) is 0 Å². The van der Waals surface area contributed by atoms with E-state index in [4.69, 9.17) is 5.73 Å². The van der Waals surface area contributed by atoms with Crippen LogP contribution in [0.15, 0.2) is 40.7 Å². The number of hydrogen-bond acceptors (Lipinski definition) is 3. The smallest absolute Gasteiger partial charge is 0.211 e. The van der Waals surface area contributed by atoms with Gasteiger partial charge in [-0.3, -0.25) is 0 Å². The Morgan fingerprint density at radius 2 is 2.00 bits per heavy atom. The molecule has 3 nitrogen and oxygen atoms in total. The van der Waals surface area contributed by atoms with Gasteiger partial charge in [0.2, 0.25) is 5.13 Å². The maximum Gasteiger partial charge on any atom is 0.211 e. The molecule has 2 aromatic rings. The number of hydrogen-bond donors (Lipinski definition) is 1. The summed E-state index contributed by atoms with van der Waals surface area (Å²) in [5.74, 6) is 0.531. The summed E-state index contributed by atoms with van der Waals surface area (Å²) in [5, 5.41) is 2.69. The Hall–Kier alpha value is -1.20. The van der Waals surface area contributed by atoms with E-state index in [0.29, 0.717) is 11.0 Å². The zero-order valence-electron chi connectivity index (χ0n) is 8.75. The lowest BCUT2D eigenvalue weighted by Crippen LogP contribution is -2.03. The lowest BCUT2D eigenvalue weighted by molar-refractivity contribution is 1.34. The molecule has 0 amide bonds. The van der Waals surface area contributed by atoms with Crippen molar-refractivity contribution in [1.82, 2.24) is 4.98 Å². The predicted octanol–water partition coefficient (Wildman–Crippen LogP) is 3.40. The quantitative estimate of drug-likeness (QED) is 0.682. The van der Waals surface area contributed by atoms with Crippen LogP contribution in [0.2, 0.25) is 0 Å². The van der Waals surface area contributed by atoms with E-state index >= 15 is 0 Å². The molecule has 0 saturated heterocycles. The molecule has 1 heterocycles. The van der Waals surface area contributed by atoms with Gasteiger partial charge in [0.05, 0.1) is 11.5 Å². The first-order chi connectivity index (χ1) is 7.25. The molecule has 5 heteroatoms. The number of aromatic nitrogens is 1. The number of benzene rings is 1. The average molecular weight is 298 g/mol. The molecule has 0 aliphatic heterocycles. The Morgan fingerprint density at radius 1 is 1.31 bits per heavy atom. The molecule has 0 aliphatic rings. The summed E-state index contributed by atoms with van der Waals surface area (Å²) in [7, 11) is 0. The molecule has 2 rings (SSSR count). The van der Waals surface area contributed by atoms with Crippen LogP contribution in [0.1, 0.15) is 6.92 Å². The third kappa shape index (κ3) is 3.15. The number of amidine groups is 1. The lowest BCUT2D eigenvalue weighted by Gasteiger charge is -1.93. The molecule has 0 spiro atoms. The number of nitrogens with zero attached hydrogens (tertiary/aromatic N) is 2. The van der Waals surface area contributed by atoms with Crippen molar-refractivity contribution in [3.63, 3.8) is 0 Å². The SMILES string of the molecule is Br.C/C(N)=N/c1nc(-c2ccccc2)cs1. The van der Waals surface area contributed by atoms with Crippen LogP contribution < -0.4 is 5.73 Å². The second-order valence-corrected chi connectivity index (χ2v) is 3.97. The van der Waals surface area contributed by atoms with Crippen molar-refractivity contribution in [3.8, 4) is 11.3 Å². The van der Waals surface area contributed by atoms with Crippen molar-refractivity contribution >= 4 is 39.3 Å². The minimum Gasteiger partial charge on any atom is -0.387 e. The van der Waals surface area contributed by atoms with Gasteiger partial charge in [-0.15, -0.1) is 28.3 Å². The Kier molecular flexibility index (Phi) is 4.64. The molecule has 16 heavy (non-hydrogen) atoms. The van der Waals surface area contributed by atoms with Crippen molar-refractivity contribution < 1.29 is 0 Å². The summed E-state index contributed by atoms with van der Waals surface area (Å²) < 4.78 is 0. The fourth-order valence-electron chi connectivity index (χ4n) is 1.21. The second-order valence-electron chi connectivity index (χ2n) is 3.13. The molecule has 1 aromatic carbocycles. The minimum absolute atomic E-state index is 0. The van der Waals surface area contributed by atoms with Crippen LogP contribution in [0.3, 0.4) is 0 Å². The highest BCUT2D eigenvalue weighted by Gasteiger charge is 2.02. The van der Waals surface area contributed by atoms with Gasteiger partial charge in [0, 0.05) is 10.9 Å². The first kappa shape index (κ1) is 12.9. The highest BCUT2D eigenvalue weighted by molar-refractivity contribution is 8.93. The van der Waals surface area contributed by atoms with E-state index in [2.05, 4.69) is 9.98 Å². The summed E-state index contributed by atoms with van der Waals surface area (Å²) in [6.45, 7) is 1.75. The van der Waals surface area contributed by atoms with Gasteiger partial charge in [-0.2, -0.15) is 0 Å². The van der Waals surface area contributed by atoms with Crippen LogP contribution in [-0.2, 0) is 0 Å². The number of nitrogens with two attached hydrogens (primary N) is 1. The van der Waals surface area contributed by atoms with Gasteiger partial charge in [0.1, 0.15) is 0 Å². The second kappa shape index (κ2) is 5.77. The summed E-state index contributed by atoms with van der Waals surface area (Å²) in [5.41, 5.74) is 7.54. The normalized spacial score (nSPS) is 10.9. The molecule has 1 aromatic heterocycles. The maximum absolute atomic E-state index is 5.49. The molecule has 0 saturated carbocycles. The van der Waals surface area contributed by atoms with Gasteiger partial charge in [-0.1, -0.05) is 30.3 Å². The van der Waals surface area contributed by atoms with E-state index in [-0.39, 0.29) is 17.0 Å². The third-order valence-electron chi connectivity index (χ3n) is 1.83. The number of rotatable bonds is 2. The highest BCUT2D eigenvalue weighted by Crippen LogP contribution is 2.26. The van der Waals surface area contributed by atoms with Crippen molar-refractivity contribution in [2.24, 2.45) is 10.7 Å². The summed E-state index contributed by atoms with van der Waals surface area (Å²) in [6.07, 6.45) is 0. The summed E-state index contributed by atoms with van der Waals surface area (Å²) in [6, 6.07) is 10.0. The van der Waals surface area contributed by atoms with Gasteiger partial charge in [-0.25, -0.2) is 9.98 Å². The van der Waals surface area contributed by atoms with E-state index in [9.17, 15) is 0 Å². The molecule has 0 unspecified atom stereocenters. The lowest BCUT2D eigenvalue weighted by atomic mass is 10.2. The van der Waals surface area contributed by atoms with Crippen LogP contribution in [0, 0.1) is 0 Å². The first-order valence-electron chi connectivity index (χ1n) is 4.57.